The van der Waals surface area contributed by atoms with Crippen LogP contribution in [-0.4, -0.2) is 46.8 Å². The Morgan fingerprint density at radius 2 is 1.87 bits per heavy atom. The summed E-state index contributed by atoms with van der Waals surface area (Å²) in [6, 6.07) is 11.1. The SMILES string of the molecule is Cl.O=C(O)CCN1CCC2(CC1)COc1cc([S+]([O-])Cc3c(Cl)cccc3Cl)ccc12. The summed E-state index contributed by atoms with van der Waals surface area (Å²) in [7, 11) is 0. The highest BCUT2D eigenvalue weighted by Crippen LogP contribution is 2.46. The topological polar surface area (TPSA) is 72.8 Å². The molecule has 5 nitrogen and oxygen atoms in total. The van der Waals surface area contributed by atoms with Crippen LogP contribution in [0.4, 0.5) is 0 Å². The van der Waals surface area contributed by atoms with E-state index < -0.39 is 17.1 Å². The first-order valence-electron chi connectivity index (χ1n) is 9.91. The number of benzene rings is 2. The first kappa shape index (κ1) is 24.5. The lowest BCUT2D eigenvalue weighted by Crippen LogP contribution is -2.44. The third-order valence-corrected chi connectivity index (χ3v) is 8.12. The van der Waals surface area contributed by atoms with Crippen molar-refractivity contribution in [2.45, 2.75) is 35.3 Å². The summed E-state index contributed by atoms with van der Waals surface area (Å²) in [5, 5.41) is 9.92. The number of piperidine rings is 1. The van der Waals surface area contributed by atoms with Crippen molar-refractivity contribution in [3.8, 4) is 5.75 Å². The number of hydrogen-bond donors (Lipinski definition) is 1. The van der Waals surface area contributed by atoms with Crippen LogP contribution in [-0.2, 0) is 27.1 Å². The molecular weight excluding hydrogens is 481 g/mol. The highest BCUT2D eigenvalue weighted by Gasteiger charge is 2.43. The van der Waals surface area contributed by atoms with E-state index >= 15 is 0 Å². The summed E-state index contributed by atoms with van der Waals surface area (Å²) in [5.74, 6) is 0.287. The van der Waals surface area contributed by atoms with Crippen molar-refractivity contribution in [2.24, 2.45) is 0 Å². The highest BCUT2D eigenvalue weighted by molar-refractivity contribution is 7.90. The van der Waals surface area contributed by atoms with E-state index in [0.29, 0.717) is 33.7 Å². The molecule has 0 amide bonds. The molecule has 2 heterocycles. The van der Waals surface area contributed by atoms with E-state index in [1.807, 2.05) is 18.2 Å². The lowest BCUT2D eigenvalue weighted by Gasteiger charge is -2.38. The second-order valence-corrected chi connectivity index (χ2v) is 10.2. The van der Waals surface area contributed by atoms with E-state index in [1.165, 1.54) is 0 Å². The van der Waals surface area contributed by atoms with E-state index in [2.05, 4.69) is 4.90 Å². The van der Waals surface area contributed by atoms with Crippen LogP contribution in [0.5, 0.6) is 5.75 Å². The number of likely N-dealkylation sites (tertiary alicyclic amines) is 1. The van der Waals surface area contributed by atoms with Gasteiger partial charge in [-0.05, 0) is 61.4 Å². The zero-order chi connectivity index (χ0) is 21.3. The smallest absolute Gasteiger partial charge is 0.304 e. The standard InChI is InChI=1S/C22H23Cl2NO4S.ClH/c23-18-2-1-3-19(24)16(18)13-30(28)15-4-5-17-20(12-15)29-14-22(17)7-10-25(11-8-22)9-6-21(26)27;/h1-5,12H,6-11,13-14H2,(H,26,27);1H. The molecule has 1 atom stereocenters. The second-order valence-electron chi connectivity index (χ2n) is 7.90. The van der Waals surface area contributed by atoms with Gasteiger partial charge in [0.15, 0.2) is 4.90 Å². The van der Waals surface area contributed by atoms with Crippen molar-refractivity contribution in [1.82, 2.24) is 4.90 Å². The van der Waals surface area contributed by atoms with Crippen LogP contribution in [0.1, 0.15) is 30.4 Å². The van der Waals surface area contributed by atoms with Gasteiger partial charge in [0.25, 0.3) is 0 Å². The Balaban J connectivity index is 0.00000272. The van der Waals surface area contributed by atoms with E-state index in [-0.39, 0.29) is 30.0 Å². The first-order valence-corrected chi connectivity index (χ1v) is 12.0. The fourth-order valence-electron chi connectivity index (χ4n) is 4.25. The van der Waals surface area contributed by atoms with Gasteiger partial charge in [0, 0.05) is 39.2 Å². The molecule has 0 aliphatic carbocycles. The number of carboxylic acids is 1. The average Bonchev–Trinajstić information content (AvgIpc) is 3.08. The third-order valence-electron chi connectivity index (χ3n) is 6.08. The molecular formula is C22H24Cl3NO4S. The Hall–Kier alpha value is -1.15. The third kappa shape index (κ3) is 5.27. The van der Waals surface area contributed by atoms with E-state index in [9.17, 15) is 9.35 Å². The Kier molecular flexibility index (Phi) is 8.05. The Bertz CT molecular complexity index is 930. The molecule has 0 saturated carbocycles. The van der Waals surface area contributed by atoms with Crippen molar-refractivity contribution < 1.29 is 19.2 Å². The molecule has 168 valence electrons. The number of halogens is 3. The lowest BCUT2D eigenvalue weighted by molar-refractivity contribution is -0.137. The molecule has 0 aromatic heterocycles. The molecule has 9 heteroatoms. The number of rotatable bonds is 6. The summed E-state index contributed by atoms with van der Waals surface area (Å²) in [5.41, 5.74) is 1.81. The molecule has 1 unspecified atom stereocenters. The quantitative estimate of drug-likeness (QED) is 0.565. The van der Waals surface area contributed by atoms with Crippen LogP contribution in [0.25, 0.3) is 0 Å². The molecule has 1 spiro atoms. The summed E-state index contributed by atoms with van der Waals surface area (Å²) in [6.07, 6.45) is 2.03. The van der Waals surface area contributed by atoms with Gasteiger partial charge in [-0.3, -0.25) is 4.79 Å². The maximum atomic E-state index is 12.9. The van der Waals surface area contributed by atoms with Crippen molar-refractivity contribution >= 4 is 52.8 Å². The van der Waals surface area contributed by atoms with Crippen molar-refractivity contribution in [3.63, 3.8) is 0 Å². The minimum Gasteiger partial charge on any atom is -0.611 e. The van der Waals surface area contributed by atoms with Crippen LogP contribution in [0.2, 0.25) is 10.0 Å². The second kappa shape index (κ2) is 10.2. The molecule has 0 radical (unpaired) electrons. The Morgan fingerprint density at radius 1 is 1.19 bits per heavy atom. The normalized spacial score (nSPS) is 18.2. The highest BCUT2D eigenvalue weighted by atomic mass is 35.5. The zero-order valence-corrected chi connectivity index (χ0v) is 20.0. The van der Waals surface area contributed by atoms with Gasteiger partial charge in [-0.2, -0.15) is 0 Å². The fraction of sp³-hybridized carbons (Fsp3) is 0.409. The first-order chi connectivity index (χ1) is 14.4. The van der Waals surface area contributed by atoms with E-state index in [0.717, 1.165) is 37.2 Å². The summed E-state index contributed by atoms with van der Waals surface area (Å²) in [4.78, 5) is 13.7. The number of carbonyl (C=O) groups is 1. The Labute approximate surface area is 201 Å². The van der Waals surface area contributed by atoms with Crippen molar-refractivity contribution in [2.75, 3.05) is 26.2 Å². The van der Waals surface area contributed by atoms with Gasteiger partial charge in [-0.15, -0.1) is 12.4 Å². The predicted molar refractivity (Wildman–Crippen MR) is 125 cm³/mol. The van der Waals surface area contributed by atoms with E-state index in [1.54, 1.807) is 18.2 Å². The van der Waals surface area contributed by atoms with Gasteiger partial charge in [-0.1, -0.05) is 29.3 Å². The van der Waals surface area contributed by atoms with Gasteiger partial charge in [-0.25, -0.2) is 0 Å². The number of nitrogens with zero attached hydrogens (tertiary/aromatic N) is 1. The van der Waals surface area contributed by atoms with Crippen LogP contribution >= 0.6 is 35.6 Å². The zero-order valence-electron chi connectivity index (χ0n) is 16.8. The summed E-state index contributed by atoms with van der Waals surface area (Å²) < 4.78 is 19.0. The summed E-state index contributed by atoms with van der Waals surface area (Å²) in [6.45, 7) is 2.91. The molecule has 4 rings (SSSR count). The largest absolute Gasteiger partial charge is 0.611 e. The number of carboxylic acid groups (broad SMARTS) is 1. The fourth-order valence-corrected chi connectivity index (χ4v) is 6.14. The van der Waals surface area contributed by atoms with Crippen molar-refractivity contribution in [3.05, 3.63) is 57.6 Å². The lowest BCUT2D eigenvalue weighted by atomic mass is 9.74. The minimum absolute atomic E-state index is 0. The van der Waals surface area contributed by atoms with Gasteiger partial charge in [0.2, 0.25) is 0 Å². The number of aliphatic carboxylic acids is 1. The minimum atomic E-state index is -1.29. The van der Waals surface area contributed by atoms with Gasteiger partial charge in [0.1, 0.15) is 11.5 Å². The summed E-state index contributed by atoms with van der Waals surface area (Å²) >= 11 is 11.2. The molecule has 2 aromatic carbocycles. The molecule has 0 bridgehead atoms. The van der Waals surface area contributed by atoms with Crippen molar-refractivity contribution in [1.29, 1.82) is 0 Å². The number of ether oxygens (including phenoxy) is 1. The molecule has 1 fully saturated rings. The molecule has 1 N–H and O–H groups in total. The predicted octanol–water partition coefficient (Wildman–Crippen LogP) is 4.92. The van der Waals surface area contributed by atoms with Gasteiger partial charge < -0.3 is 19.3 Å². The van der Waals surface area contributed by atoms with Crippen LogP contribution < -0.4 is 4.74 Å². The average molecular weight is 505 g/mol. The van der Waals surface area contributed by atoms with Gasteiger partial charge >= 0.3 is 5.97 Å². The maximum absolute atomic E-state index is 12.9. The van der Waals surface area contributed by atoms with Crippen LogP contribution in [0.15, 0.2) is 41.3 Å². The van der Waals surface area contributed by atoms with Crippen LogP contribution in [0.3, 0.4) is 0 Å². The number of hydrogen-bond acceptors (Lipinski definition) is 4. The molecule has 31 heavy (non-hydrogen) atoms. The van der Waals surface area contributed by atoms with E-state index in [4.69, 9.17) is 33.0 Å². The Morgan fingerprint density at radius 3 is 2.52 bits per heavy atom. The molecule has 2 aromatic rings. The molecule has 2 aliphatic heterocycles. The monoisotopic (exact) mass is 503 g/mol. The van der Waals surface area contributed by atoms with Crippen LogP contribution in [0, 0.1) is 0 Å². The van der Waals surface area contributed by atoms with Gasteiger partial charge in [0.05, 0.1) is 13.0 Å². The number of fused-ring (bicyclic) bond motifs is 2. The maximum Gasteiger partial charge on any atom is 0.304 e. The molecule has 2 aliphatic rings. The molecule has 1 saturated heterocycles.